The van der Waals surface area contributed by atoms with Gasteiger partial charge in [0.05, 0.1) is 11.4 Å². The molecule has 0 saturated carbocycles. The van der Waals surface area contributed by atoms with E-state index >= 15 is 0 Å². The predicted octanol–water partition coefficient (Wildman–Crippen LogP) is 7.18. The van der Waals surface area contributed by atoms with Crippen molar-refractivity contribution in [3.8, 4) is 33.9 Å². The van der Waals surface area contributed by atoms with Gasteiger partial charge < -0.3 is 0 Å². The Hall–Kier alpha value is -4.37. The summed E-state index contributed by atoms with van der Waals surface area (Å²) in [7, 11) is 0. The number of benzene rings is 4. The van der Waals surface area contributed by atoms with E-state index in [1.165, 1.54) is 21.5 Å². The van der Waals surface area contributed by atoms with E-state index in [0.717, 1.165) is 28.1 Å². The molecule has 3 heteroatoms. The molecule has 0 unspecified atom stereocenters. The summed E-state index contributed by atoms with van der Waals surface area (Å²) in [4.78, 5) is 13.9. The maximum atomic E-state index is 4.93. The summed E-state index contributed by atoms with van der Waals surface area (Å²) in [5.41, 5.74) is 4.90. The lowest BCUT2D eigenvalue weighted by molar-refractivity contribution is 1.18. The smallest absolute Gasteiger partial charge is 0.160 e. The highest BCUT2D eigenvalue weighted by Crippen LogP contribution is 2.31. The van der Waals surface area contributed by atoms with Crippen molar-refractivity contribution >= 4 is 21.5 Å². The van der Waals surface area contributed by atoms with E-state index in [9.17, 15) is 0 Å². The van der Waals surface area contributed by atoms with Crippen molar-refractivity contribution < 1.29 is 0 Å². The third-order valence-electron chi connectivity index (χ3n) is 5.77. The summed E-state index contributed by atoms with van der Waals surface area (Å²) in [6.07, 6.45) is 3.55. The minimum absolute atomic E-state index is 0.697. The van der Waals surface area contributed by atoms with Crippen molar-refractivity contribution in [2.75, 3.05) is 0 Å². The monoisotopic (exact) mass is 409 g/mol. The zero-order valence-electron chi connectivity index (χ0n) is 17.3. The van der Waals surface area contributed by atoms with Crippen LogP contribution in [-0.4, -0.2) is 15.0 Å². The fraction of sp³-hybridized carbons (Fsp3) is 0. The number of rotatable bonds is 3. The highest BCUT2D eigenvalue weighted by atomic mass is 14.9. The van der Waals surface area contributed by atoms with Gasteiger partial charge in [-0.15, -0.1) is 0 Å². The van der Waals surface area contributed by atoms with Gasteiger partial charge in [-0.3, -0.25) is 4.98 Å². The van der Waals surface area contributed by atoms with Gasteiger partial charge in [0, 0.05) is 29.1 Å². The highest BCUT2D eigenvalue weighted by Gasteiger charge is 2.11. The molecule has 0 N–H and O–H groups in total. The van der Waals surface area contributed by atoms with Gasteiger partial charge in [-0.1, -0.05) is 78.9 Å². The van der Waals surface area contributed by atoms with Crippen LogP contribution in [0.15, 0.2) is 116 Å². The molecule has 6 aromatic rings. The lowest BCUT2D eigenvalue weighted by Crippen LogP contribution is -1.96. The fourth-order valence-corrected chi connectivity index (χ4v) is 4.15. The second kappa shape index (κ2) is 7.71. The van der Waals surface area contributed by atoms with Gasteiger partial charge >= 0.3 is 0 Å². The Morgan fingerprint density at radius 2 is 1.12 bits per heavy atom. The molecule has 0 spiro atoms. The molecule has 0 aliphatic rings. The van der Waals surface area contributed by atoms with Crippen LogP contribution in [0.3, 0.4) is 0 Å². The highest BCUT2D eigenvalue weighted by molar-refractivity contribution is 6.08. The first-order chi connectivity index (χ1) is 15.8. The normalized spacial score (nSPS) is 11.1. The van der Waals surface area contributed by atoms with Crippen molar-refractivity contribution in [3.63, 3.8) is 0 Å². The Bertz CT molecular complexity index is 1500. The van der Waals surface area contributed by atoms with E-state index < -0.39 is 0 Å². The molecule has 0 radical (unpaired) electrons. The van der Waals surface area contributed by atoms with Gasteiger partial charge in [0.2, 0.25) is 0 Å². The molecular weight excluding hydrogens is 390 g/mol. The molecular formula is C29H19N3. The largest absolute Gasteiger partial charge is 0.265 e. The fourth-order valence-electron chi connectivity index (χ4n) is 4.15. The molecule has 4 aromatic carbocycles. The van der Waals surface area contributed by atoms with Crippen LogP contribution in [0.2, 0.25) is 0 Å². The minimum atomic E-state index is 0.697. The van der Waals surface area contributed by atoms with Crippen molar-refractivity contribution in [2.24, 2.45) is 0 Å². The summed E-state index contributed by atoms with van der Waals surface area (Å²) < 4.78 is 0. The van der Waals surface area contributed by atoms with Gasteiger partial charge in [0.25, 0.3) is 0 Å². The molecule has 0 aliphatic carbocycles. The molecule has 0 aliphatic heterocycles. The van der Waals surface area contributed by atoms with Gasteiger partial charge in [-0.2, -0.15) is 0 Å². The summed E-state index contributed by atoms with van der Waals surface area (Å²) in [6, 6.07) is 35.6. The predicted molar refractivity (Wildman–Crippen MR) is 131 cm³/mol. The quantitative estimate of drug-likeness (QED) is 0.291. The summed E-state index contributed by atoms with van der Waals surface area (Å²) >= 11 is 0. The van der Waals surface area contributed by atoms with E-state index in [-0.39, 0.29) is 0 Å². The van der Waals surface area contributed by atoms with Crippen LogP contribution in [0, 0.1) is 0 Å². The minimum Gasteiger partial charge on any atom is -0.265 e. The van der Waals surface area contributed by atoms with Crippen LogP contribution in [0.25, 0.3) is 55.4 Å². The molecule has 0 bridgehead atoms. The summed E-state index contributed by atoms with van der Waals surface area (Å²) in [6.45, 7) is 0. The molecule has 0 amide bonds. The Labute approximate surface area is 186 Å². The molecule has 2 heterocycles. The van der Waals surface area contributed by atoms with E-state index in [1.54, 1.807) is 12.4 Å². The third-order valence-corrected chi connectivity index (χ3v) is 5.77. The zero-order valence-corrected chi connectivity index (χ0v) is 17.3. The second-order valence-electron chi connectivity index (χ2n) is 7.79. The number of aromatic nitrogens is 3. The van der Waals surface area contributed by atoms with Crippen LogP contribution in [0.1, 0.15) is 0 Å². The second-order valence-corrected chi connectivity index (χ2v) is 7.79. The molecule has 0 saturated heterocycles. The third kappa shape index (κ3) is 3.30. The van der Waals surface area contributed by atoms with Crippen molar-refractivity contribution in [1.82, 2.24) is 15.0 Å². The maximum absolute atomic E-state index is 4.93. The Morgan fingerprint density at radius 1 is 0.438 bits per heavy atom. The summed E-state index contributed by atoms with van der Waals surface area (Å²) in [5, 5.41) is 4.97. The molecule has 150 valence electrons. The number of hydrogen-bond donors (Lipinski definition) is 0. The topological polar surface area (TPSA) is 38.7 Å². The standard InChI is InChI=1S/C29H19N3/c1-2-7-21(8-3-1)27-19-28(32-29(31-27)22-14-16-30-17-15-22)24-12-13-26-23(18-24)11-10-20-6-4-5-9-25(20)26/h1-19H. The van der Waals surface area contributed by atoms with E-state index in [2.05, 4.69) is 77.8 Å². The first-order valence-corrected chi connectivity index (χ1v) is 10.6. The van der Waals surface area contributed by atoms with Gasteiger partial charge in [-0.25, -0.2) is 9.97 Å². The number of nitrogens with zero attached hydrogens (tertiary/aromatic N) is 3. The Balaban J connectivity index is 1.55. The molecule has 2 aromatic heterocycles. The Kier molecular flexibility index (Phi) is 4.43. The molecule has 6 rings (SSSR count). The van der Waals surface area contributed by atoms with Crippen LogP contribution in [-0.2, 0) is 0 Å². The van der Waals surface area contributed by atoms with Crippen molar-refractivity contribution in [3.05, 3.63) is 116 Å². The van der Waals surface area contributed by atoms with Crippen LogP contribution in [0.5, 0.6) is 0 Å². The first-order valence-electron chi connectivity index (χ1n) is 10.6. The lowest BCUT2D eigenvalue weighted by atomic mass is 9.98. The molecule has 32 heavy (non-hydrogen) atoms. The number of fused-ring (bicyclic) bond motifs is 3. The average Bonchev–Trinajstić information content (AvgIpc) is 2.89. The average molecular weight is 409 g/mol. The van der Waals surface area contributed by atoms with E-state index in [1.807, 2.05) is 30.3 Å². The lowest BCUT2D eigenvalue weighted by Gasteiger charge is -2.10. The van der Waals surface area contributed by atoms with Crippen LogP contribution in [0.4, 0.5) is 0 Å². The number of hydrogen-bond acceptors (Lipinski definition) is 3. The van der Waals surface area contributed by atoms with Crippen molar-refractivity contribution in [1.29, 1.82) is 0 Å². The Morgan fingerprint density at radius 3 is 1.97 bits per heavy atom. The summed E-state index contributed by atoms with van der Waals surface area (Å²) in [5.74, 6) is 0.697. The molecule has 0 atom stereocenters. The van der Waals surface area contributed by atoms with Crippen LogP contribution < -0.4 is 0 Å². The molecule has 3 nitrogen and oxygen atoms in total. The van der Waals surface area contributed by atoms with Gasteiger partial charge in [0.15, 0.2) is 5.82 Å². The first kappa shape index (κ1) is 18.4. The number of pyridine rings is 1. The van der Waals surface area contributed by atoms with Gasteiger partial charge in [-0.05, 0) is 45.8 Å². The molecule has 0 fully saturated rings. The van der Waals surface area contributed by atoms with Crippen LogP contribution >= 0.6 is 0 Å². The maximum Gasteiger partial charge on any atom is 0.160 e. The van der Waals surface area contributed by atoms with E-state index in [0.29, 0.717) is 5.82 Å². The SMILES string of the molecule is c1ccc(-c2cc(-c3ccc4c(ccc5ccccc54)c3)nc(-c3ccncc3)n2)cc1. The van der Waals surface area contributed by atoms with Crippen molar-refractivity contribution in [2.45, 2.75) is 0 Å². The van der Waals surface area contributed by atoms with Gasteiger partial charge in [0.1, 0.15) is 0 Å². The van der Waals surface area contributed by atoms with E-state index in [4.69, 9.17) is 9.97 Å². The zero-order chi connectivity index (χ0) is 21.3.